The average Bonchev–Trinajstić information content (AvgIpc) is 3.65. The number of nitrogen functional groups attached to an aromatic ring is 1. The monoisotopic (exact) mass is 609 g/mol. The molecule has 0 radical (unpaired) electrons. The standard InChI is InChI=1S/C29H30F3N9OS/c1-15-20(18-3-4-19(31)25-22(18)37-27(34)43-25)21(32)23-24(36-15)26(40-10-8-35-17(13-40)5-7-33)39-28(38-23)42-14-29-6-2-9-41(29)12-16(30)11-29/h3-4,16-17,35H,2,5-6,8-14H2,1H3,(H2,34,37)/t16-,17+,29+/m1/s1. The minimum Gasteiger partial charge on any atom is -0.461 e. The van der Waals surface area contributed by atoms with Crippen molar-refractivity contribution in [1.29, 1.82) is 5.26 Å². The van der Waals surface area contributed by atoms with Gasteiger partial charge in [-0.05, 0) is 38.4 Å². The summed E-state index contributed by atoms with van der Waals surface area (Å²) in [6.07, 6.45) is 1.51. The van der Waals surface area contributed by atoms with Gasteiger partial charge in [-0.3, -0.25) is 4.90 Å². The van der Waals surface area contributed by atoms with Gasteiger partial charge >= 0.3 is 6.01 Å². The van der Waals surface area contributed by atoms with E-state index in [9.17, 15) is 14.0 Å². The summed E-state index contributed by atoms with van der Waals surface area (Å²) in [4.78, 5) is 22.4. The first-order valence-corrected chi connectivity index (χ1v) is 15.2. The number of aryl methyl sites for hydroxylation is 1. The van der Waals surface area contributed by atoms with Crippen molar-refractivity contribution in [1.82, 2.24) is 30.2 Å². The molecular weight excluding hydrogens is 579 g/mol. The number of halogens is 3. The van der Waals surface area contributed by atoms with Crippen molar-refractivity contribution >= 4 is 43.5 Å². The van der Waals surface area contributed by atoms with Crippen molar-refractivity contribution in [3.05, 3.63) is 29.5 Å². The highest BCUT2D eigenvalue weighted by molar-refractivity contribution is 7.22. The number of fused-ring (bicyclic) bond motifs is 3. The highest BCUT2D eigenvalue weighted by atomic mass is 32.1. The molecule has 10 nitrogen and oxygen atoms in total. The van der Waals surface area contributed by atoms with Gasteiger partial charge < -0.3 is 20.7 Å². The van der Waals surface area contributed by atoms with Gasteiger partial charge in [-0.2, -0.15) is 15.2 Å². The van der Waals surface area contributed by atoms with Gasteiger partial charge in [-0.1, -0.05) is 11.3 Å². The first-order valence-electron chi connectivity index (χ1n) is 14.4. The van der Waals surface area contributed by atoms with E-state index >= 15 is 4.39 Å². The molecule has 224 valence electrons. The van der Waals surface area contributed by atoms with Crippen LogP contribution in [0.15, 0.2) is 12.1 Å². The predicted octanol–water partition coefficient (Wildman–Crippen LogP) is 4.12. The molecule has 4 aromatic rings. The van der Waals surface area contributed by atoms with Crippen molar-refractivity contribution in [3.8, 4) is 23.2 Å². The third-order valence-electron chi connectivity index (χ3n) is 8.82. The number of thiazole rings is 1. The fraction of sp³-hybridized carbons (Fsp3) is 0.483. The zero-order chi connectivity index (χ0) is 29.9. The minimum absolute atomic E-state index is 0.0287. The number of benzene rings is 1. The van der Waals surface area contributed by atoms with E-state index in [-0.39, 0.29) is 50.6 Å². The molecule has 3 atom stereocenters. The number of nitriles is 1. The molecule has 0 unspecified atom stereocenters. The molecule has 3 fully saturated rings. The Morgan fingerprint density at radius 2 is 2.02 bits per heavy atom. The van der Waals surface area contributed by atoms with Gasteiger partial charge in [0.1, 0.15) is 29.6 Å². The SMILES string of the molecule is Cc1nc2c(N3CCN[C@@H](CC#N)C3)nc(OC[C@@]34CCCN3C[C@H](F)C4)nc2c(F)c1-c1ccc(F)c2sc(N)nc12. The lowest BCUT2D eigenvalue weighted by molar-refractivity contribution is 0.107. The number of nitrogens with two attached hydrogens (primary N) is 1. The zero-order valence-corrected chi connectivity index (χ0v) is 24.4. The number of hydrogen-bond donors (Lipinski definition) is 2. The van der Waals surface area contributed by atoms with Crippen LogP contribution in [0.3, 0.4) is 0 Å². The molecule has 0 amide bonds. The normalized spacial score (nSPS) is 24.1. The Labute approximate surface area is 249 Å². The van der Waals surface area contributed by atoms with Gasteiger partial charge in [0.25, 0.3) is 0 Å². The fourth-order valence-electron chi connectivity index (χ4n) is 6.88. The Morgan fingerprint density at radius 1 is 1.16 bits per heavy atom. The van der Waals surface area contributed by atoms with E-state index in [0.717, 1.165) is 30.7 Å². The molecule has 3 aromatic heterocycles. The highest BCUT2D eigenvalue weighted by Crippen LogP contribution is 2.42. The number of ether oxygens (including phenoxy) is 1. The quantitative estimate of drug-likeness (QED) is 0.329. The van der Waals surface area contributed by atoms with Crippen LogP contribution in [0, 0.1) is 29.9 Å². The number of piperazine rings is 1. The topological polar surface area (TPSA) is 129 Å². The van der Waals surface area contributed by atoms with E-state index in [4.69, 9.17) is 20.4 Å². The van der Waals surface area contributed by atoms with Gasteiger partial charge in [-0.15, -0.1) is 0 Å². The molecule has 3 aliphatic heterocycles. The third kappa shape index (κ3) is 4.79. The summed E-state index contributed by atoms with van der Waals surface area (Å²) in [5, 5.41) is 12.8. The van der Waals surface area contributed by atoms with Crippen molar-refractivity contribution in [2.45, 2.75) is 50.4 Å². The van der Waals surface area contributed by atoms with Gasteiger partial charge in [0.05, 0.1) is 28.2 Å². The van der Waals surface area contributed by atoms with Crippen LogP contribution in [0.5, 0.6) is 6.01 Å². The van der Waals surface area contributed by atoms with Crippen molar-refractivity contribution in [2.24, 2.45) is 0 Å². The van der Waals surface area contributed by atoms with Gasteiger partial charge in [0.15, 0.2) is 16.8 Å². The van der Waals surface area contributed by atoms with E-state index in [1.165, 1.54) is 12.1 Å². The molecule has 3 N–H and O–H groups in total. The van der Waals surface area contributed by atoms with Crippen LogP contribution in [-0.4, -0.2) is 81.9 Å². The summed E-state index contributed by atoms with van der Waals surface area (Å²) < 4.78 is 52.1. The summed E-state index contributed by atoms with van der Waals surface area (Å²) in [5.74, 6) is -0.756. The molecule has 7 rings (SSSR count). The van der Waals surface area contributed by atoms with Crippen LogP contribution >= 0.6 is 11.3 Å². The first-order chi connectivity index (χ1) is 20.8. The van der Waals surface area contributed by atoms with Gasteiger partial charge in [0.2, 0.25) is 0 Å². The lowest BCUT2D eigenvalue weighted by Crippen LogP contribution is -2.51. The Morgan fingerprint density at radius 3 is 2.86 bits per heavy atom. The first kappa shape index (κ1) is 28.0. The average molecular weight is 610 g/mol. The van der Waals surface area contributed by atoms with Crippen molar-refractivity contribution in [3.63, 3.8) is 0 Å². The summed E-state index contributed by atoms with van der Waals surface area (Å²) >= 11 is 0.993. The number of nitrogens with zero attached hydrogens (tertiary/aromatic N) is 7. The minimum atomic E-state index is -0.922. The van der Waals surface area contributed by atoms with Crippen LogP contribution in [-0.2, 0) is 0 Å². The Kier molecular flexibility index (Phi) is 6.98. The fourth-order valence-corrected chi connectivity index (χ4v) is 7.65. The van der Waals surface area contributed by atoms with Crippen molar-refractivity contribution in [2.75, 3.05) is 50.0 Å². The second-order valence-electron chi connectivity index (χ2n) is 11.6. The number of rotatable bonds is 6. The molecule has 1 aromatic carbocycles. The molecular formula is C29H30F3N9OS. The molecule has 6 heterocycles. The van der Waals surface area contributed by atoms with Crippen LogP contribution in [0.2, 0.25) is 0 Å². The van der Waals surface area contributed by atoms with Crippen LogP contribution in [0.1, 0.15) is 31.4 Å². The lowest BCUT2D eigenvalue weighted by atomic mass is 9.95. The maximum absolute atomic E-state index is 16.7. The molecule has 0 saturated carbocycles. The Balaban J connectivity index is 1.36. The van der Waals surface area contributed by atoms with Crippen molar-refractivity contribution < 1.29 is 17.9 Å². The van der Waals surface area contributed by atoms with E-state index in [2.05, 4.69) is 26.3 Å². The molecule has 0 bridgehead atoms. The number of pyridine rings is 1. The predicted molar refractivity (Wildman–Crippen MR) is 158 cm³/mol. The molecule has 43 heavy (non-hydrogen) atoms. The smallest absolute Gasteiger partial charge is 0.319 e. The molecule has 3 aliphatic rings. The van der Waals surface area contributed by atoms with Gasteiger partial charge in [-0.25, -0.2) is 23.1 Å². The molecule has 0 aliphatic carbocycles. The molecule has 0 spiro atoms. The largest absolute Gasteiger partial charge is 0.461 e. The van der Waals surface area contributed by atoms with Crippen LogP contribution in [0.25, 0.3) is 32.4 Å². The second-order valence-corrected chi connectivity index (χ2v) is 12.6. The maximum Gasteiger partial charge on any atom is 0.319 e. The Bertz CT molecular complexity index is 1780. The number of alkyl halides is 1. The highest BCUT2D eigenvalue weighted by Gasteiger charge is 2.49. The third-order valence-corrected chi connectivity index (χ3v) is 9.71. The maximum atomic E-state index is 16.7. The molecule has 3 saturated heterocycles. The number of anilines is 2. The van der Waals surface area contributed by atoms with Gasteiger partial charge in [0, 0.05) is 55.5 Å². The zero-order valence-electron chi connectivity index (χ0n) is 23.5. The van der Waals surface area contributed by atoms with E-state index in [1.807, 2.05) is 4.90 Å². The summed E-state index contributed by atoms with van der Waals surface area (Å²) in [7, 11) is 0. The van der Waals surface area contributed by atoms with E-state index in [1.54, 1.807) is 6.92 Å². The van der Waals surface area contributed by atoms with Crippen LogP contribution in [0.4, 0.5) is 24.1 Å². The van der Waals surface area contributed by atoms with E-state index in [0.29, 0.717) is 56.1 Å². The summed E-state index contributed by atoms with van der Waals surface area (Å²) in [5.41, 5.74) is 6.76. The second kappa shape index (κ2) is 10.7. The lowest BCUT2D eigenvalue weighted by Gasteiger charge is -2.34. The summed E-state index contributed by atoms with van der Waals surface area (Å²) in [6, 6.07) is 4.80. The summed E-state index contributed by atoms with van der Waals surface area (Å²) in [6.45, 7) is 4.65. The van der Waals surface area contributed by atoms with Crippen LogP contribution < -0.4 is 20.7 Å². The number of nitrogens with one attached hydrogen (secondary N) is 1. The number of aromatic nitrogens is 4. The number of hydrogen-bond acceptors (Lipinski definition) is 11. The Hall–Kier alpha value is -3.80. The molecule has 14 heteroatoms. The van der Waals surface area contributed by atoms with E-state index < -0.39 is 23.3 Å².